The van der Waals surface area contributed by atoms with Crippen LogP contribution in [-0.2, 0) is 12.8 Å². The van der Waals surface area contributed by atoms with Crippen LogP contribution < -0.4 is 41.3 Å². The summed E-state index contributed by atoms with van der Waals surface area (Å²) in [5.41, 5.74) is 8.89. The number of para-hydroxylation sites is 2. The first-order valence-electron chi connectivity index (χ1n) is 28.8. The van der Waals surface area contributed by atoms with Gasteiger partial charge in [-0.25, -0.2) is 17.6 Å². The Morgan fingerprint density at radius 3 is 1.40 bits per heavy atom. The normalized spacial score (nSPS) is 16.2. The Labute approximate surface area is 551 Å². The van der Waals surface area contributed by atoms with Crippen LogP contribution in [0.25, 0.3) is 20.9 Å². The molecule has 0 atom stereocenters. The maximum absolute atomic E-state index is 13.8. The molecule has 0 unspecified atom stereocenters. The van der Waals surface area contributed by atoms with E-state index in [0.717, 1.165) is 69.1 Å². The molecule has 4 aromatic carbocycles. The van der Waals surface area contributed by atoms with Crippen molar-refractivity contribution in [2.45, 2.75) is 76.3 Å². The van der Waals surface area contributed by atoms with Gasteiger partial charge in [-0.3, -0.25) is 28.8 Å². The van der Waals surface area contributed by atoms with Gasteiger partial charge in [0.1, 0.15) is 0 Å². The van der Waals surface area contributed by atoms with Crippen molar-refractivity contribution in [2.24, 2.45) is 0 Å². The summed E-state index contributed by atoms with van der Waals surface area (Å²) in [7, 11) is 0. The molecule has 8 heterocycles. The van der Waals surface area contributed by atoms with Gasteiger partial charge in [0.25, 0.3) is 47.3 Å². The van der Waals surface area contributed by atoms with Gasteiger partial charge in [0.2, 0.25) is 0 Å². The van der Waals surface area contributed by atoms with E-state index in [1.165, 1.54) is 33.6 Å². The Hall–Kier alpha value is -7.92. The number of hydrogen-bond acceptors (Lipinski definition) is 14. The number of carbonyl (C=O) groups is 6. The molecule has 2 saturated heterocycles. The van der Waals surface area contributed by atoms with Crippen molar-refractivity contribution in [1.29, 1.82) is 0 Å². The molecule has 0 spiro atoms. The summed E-state index contributed by atoms with van der Waals surface area (Å²) in [6.07, 6.45) is 5.37. The monoisotopic (exact) mass is 1500 g/mol. The van der Waals surface area contributed by atoms with Crippen molar-refractivity contribution in [3.05, 3.63) is 181 Å². The minimum atomic E-state index is -2.82. The molecular formula is C64H57ClF4N12O6S2U. The summed E-state index contributed by atoms with van der Waals surface area (Å²) >= 11 is 8.97. The maximum atomic E-state index is 13.8. The van der Waals surface area contributed by atoms with E-state index in [2.05, 4.69) is 47.0 Å². The average Bonchev–Trinajstić information content (AvgIpc) is 2.62. The number of carbonyl (C=O) groups excluding carboxylic acids is 6. The minimum absolute atomic E-state index is 0. The molecule has 460 valence electrons. The number of alkyl halides is 4. The first-order chi connectivity index (χ1) is 42.7. The van der Waals surface area contributed by atoms with Crippen molar-refractivity contribution < 1.29 is 77.4 Å². The fourth-order valence-electron chi connectivity index (χ4n) is 10.4. The number of nitrogens with one attached hydrogen (secondary N) is 5. The van der Waals surface area contributed by atoms with Crippen LogP contribution in [0.15, 0.2) is 121 Å². The fourth-order valence-corrected chi connectivity index (χ4v) is 12.9. The van der Waals surface area contributed by atoms with E-state index in [0.29, 0.717) is 75.6 Å². The molecule has 6 aliphatic rings. The summed E-state index contributed by atoms with van der Waals surface area (Å²) in [5, 5.41) is 29.7. The molecule has 4 fully saturated rings. The van der Waals surface area contributed by atoms with Crippen molar-refractivity contribution >= 4 is 98.3 Å². The summed E-state index contributed by atoms with van der Waals surface area (Å²) in [5.74, 6) is -6.42. The van der Waals surface area contributed by atoms with Crippen LogP contribution in [0.3, 0.4) is 0 Å². The maximum Gasteiger partial charge on any atom is 0.282 e. The second kappa shape index (κ2) is 26.5. The van der Waals surface area contributed by atoms with Gasteiger partial charge in [-0.1, -0.05) is 48.0 Å². The number of benzene rings is 4. The molecule has 8 aromatic rings. The first kappa shape index (κ1) is 63.6. The number of aromatic nitrogens is 4. The van der Waals surface area contributed by atoms with E-state index >= 15 is 0 Å². The number of anilines is 5. The first-order valence-corrected chi connectivity index (χ1v) is 30.8. The van der Waals surface area contributed by atoms with Gasteiger partial charge >= 0.3 is 0 Å². The molecule has 2 aliphatic carbocycles. The van der Waals surface area contributed by atoms with Crippen LogP contribution in [0.5, 0.6) is 0 Å². The van der Waals surface area contributed by atoms with E-state index < -0.39 is 36.7 Å². The van der Waals surface area contributed by atoms with Gasteiger partial charge in [-0.15, -0.1) is 32.9 Å². The van der Waals surface area contributed by atoms with E-state index in [-0.39, 0.29) is 96.0 Å². The van der Waals surface area contributed by atoms with Gasteiger partial charge in [0, 0.05) is 99.7 Å². The third-order valence-electron chi connectivity index (χ3n) is 15.4. The zero-order valence-corrected chi connectivity index (χ0v) is 55.0. The summed E-state index contributed by atoms with van der Waals surface area (Å²) in [6.45, 7) is 3.01. The number of halogens is 5. The van der Waals surface area contributed by atoms with Gasteiger partial charge in [0.15, 0.2) is 11.0 Å². The SMILES string of the molecule is Cc1cc(C(=O)Nc2ccc(C(=O)N3CCc4cc(C(=O)NC5CC5)sc4-c4ccccc43)cc2)c(Cl)nn1.Cc1cc(C(=O)Nc2ccc(C(=O)N3CCc4cc(C(=O)NC5CC5)sc4-c4ccccc43)cc2)c(N2CC(F)(F)C2)nn1.FC1(F)CNC1.[U]. The fraction of sp³-hybridized carbons (Fsp3) is 0.281. The molecule has 0 radical (unpaired) electrons. The predicted octanol–water partition coefficient (Wildman–Crippen LogP) is 11.1. The van der Waals surface area contributed by atoms with E-state index in [1.807, 2.05) is 60.7 Å². The summed E-state index contributed by atoms with van der Waals surface area (Å²) in [4.78, 5) is 86.9. The number of nitrogens with zero attached hydrogens (tertiary/aromatic N) is 7. The number of rotatable bonds is 11. The summed E-state index contributed by atoms with van der Waals surface area (Å²) < 4.78 is 49.9. The number of thiophene rings is 2. The van der Waals surface area contributed by atoms with Gasteiger partial charge < -0.3 is 41.3 Å². The molecule has 4 aromatic heterocycles. The van der Waals surface area contributed by atoms with Gasteiger partial charge in [-0.05, 0) is 148 Å². The van der Waals surface area contributed by atoms with E-state index in [9.17, 15) is 46.3 Å². The zero-order valence-electron chi connectivity index (χ0n) is 48.5. The van der Waals surface area contributed by atoms with Gasteiger partial charge in [0.05, 0.1) is 69.8 Å². The molecule has 2 saturated carbocycles. The van der Waals surface area contributed by atoms with E-state index in [4.69, 9.17) is 11.6 Å². The smallest absolute Gasteiger partial charge is 0.282 e. The molecule has 6 amide bonds. The van der Waals surface area contributed by atoms with Crippen LogP contribution in [-0.4, -0.2) is 119 Å². The van der Waals surface area contributed by atoms with Crippen molar-refractivity contribution in [3.8, 4) is 20.9 Å². The van der Waals surface area contributed by atoms with Crippen molar-refractivity contribution in [3.63, 3.8) is 0 Å². The van der Waals surface area contributed by atoms with Crippen LogP contribution in [0.2, 0.25) is 5.15 Å². The zero-order chi connectivity index (χ0) is 62.3. The Morgan fingerprint density at radius 2 is 0.978 bits per heavy atom. The summed E-state index contributed by atoms with van der Waals surface area (Å²) in [6, 6.07) is 36.4. The molecule has 18 nitrogen and oxygen atoms in total. The van der Waals surface area contributed by atoms with E-state index in [1.54, 1.807) is 78.2 Å². The predicted molar refractivity (Wildman–Crippen MR) is 334 cm³/mol. The Kier molecular flexibility index (Phi) is 18.7. The van der Waals surface area contributed by atoms with Crippen LogP contribution in [0.4, 0.5) is 46.1 Å². The number of amides is 6. The van der Waals surface area contributed by atoms with Crippen molar-refractivity contribution in [1.82, 2.24) is 36.3 Å². The Balaban J connectivity index is 0.000000168. The largest absolute Gasteiger partial charge is 0.349 e. The Morgan fingerprint density at radius 1 is 0.556 bits per heavy atom. The number of hydrogen-bond donors (Lipinski definition) is 5. The Bertz CT molecular complexity index is 4100. The van der Waals surface area contributed by atoms with Crippen LogP contribution in [0.1, 0.15) is 109 Å². The topological polar surface area (TPSA) is 224 Å². The molecular weight excluding hydrogens is 1450 g/mol. The van der Waals surface area contributed by atoms with Crippen LogP contribution in [0, 0.1) is 45.0 Å². The molecule has 5 N–H and O–H groups in total. The van der Waals surface area contributed by atoms with Crippen LogP contribution >= 0.6 is 34.3 Å². The minimum Gasteiger partial charge on any atom is -0.349 e. The molecule has 26 heteroatoms. The quantitative estimate of drug-likeness (QED) is 0.0763. The number of aryl methyl sites for hydroxylation is 2. The molecule has 0 bridgehead atoms. The third-order valence-corrected chi connectivity index (χ3v) is 18.1. The average molecular weight is 1500 g/mol. The second-order valence-electron chi connectivity index (χ2n) is 22.5. The second-order valence-corrected chi connectivity index (χ2v) is 25.0. The van der Waals surface area contributed by atoms with Crippen molar-refractivity contribution in [2.75, 3.05) is 64.6 Å². The standard InChI is InChI=1S/C32H28F2N6O3S.C29H24ClN5O3S.C3H5F2N.U/c1-18-14-24(28(38-37-18)39-16-32(33,34)17-39)29(41)35-21-8-6-19(7-9-21)31(43)40-13-12-20-15-26(30(42)36-22-10-11-22)44-27(20)23-4-2-3-5-25(23)40;1-16-14-22(26(30)34-33-16)27(36)31-19-8-6-17(7-9-19)29(38)35-13-12-18-15-24(28(37)32-20-10-11-20)39-25(18)21-4-2-3-5-23(21)35;4-3(5)1-6-2-3;/h2-9,14-15,22H,10-13,16-17H2,1H3,(H,35,41)(H,36,42);2-9,14-15,20H,10-13H2,1H3,(H,31,36)(H,32,37);6H,1-2H2;. The molecule has 90 heavy (non-hydrogen) atoms. The molecule has 4 aliphatic heterocycles. The third kappa shape index (κ3) is 14.5. The van der Waals surface area contributed by atoms with Gasteiger partial charge in [-0.2, -0.15) is 10.2 Å². The number of fused-ring (bicyclic) bond motifs is 6. The molecule has 14 rings (SSSR count).